The molecule has 0 aromatic rings. The number of rotatable bonds is 6. The fraction of sp³-hybridized carbons (Fsp3) is 0.889. The van der Waals surface area contributed by atoms with Crippen LogP contribution in [0.25, 0.3) is 0 Å². The van der Waals surface area contributed by atoms with Crippen molar-refractivity contribution < 1.29 is 33.6 Å². The highest BCUT2D eigenvalue weighted by Gasteiger charge is 2.39. The second kappa shape index (κ2) is 7.50. The Bertz CT molecular complexity index is 306. The van der Waals surface area contributed by atoms with Crippen LogP contribution in [0.1, 0.15) is 13.3 Å². The average Bonchev–Trinajstić information content (AvgIpc) is 2.30. The molecule has 0 saturated heterocycles. The molecular formula is C9H15F3NO4S2-. The Labute approximate surface area is 119 Å². The predicted octanol–water partition coefficient (Wildman–Crippen LogP) is -0.506. The number of hydrogen-bond donors (Lipinski definition) is 4. The molecule has 114 valence electrons. The highest BCUT2D eigenvalue weighted by atomic mass is 32.1. The Morgan fingerprint density at radius 3 is 1.89 bits per heavy atom. The lowest BCUT2D eigenvalue weighted by atomic mass is 10.0. The van der Waals surface area contributed by atoms with E-state index >= 15 is 0 Å². The van der Waals surface area contributed by atoms with Crippen molar-refractivity contribution in [2.75, 3.05) is 6.54 Å². The van der Waals surface area contributed by atoms with Crippen LogP contribution in [0.2, 0.25) is 0 Å². The van der Waals surface area contributed by atoms with Crippen molar-refractivity contribution in [3.05, 3.63) is 0 Å². The summed E-state index contributed by atoms with van der Waals surface area (Å²) in [5.74, 6) is 0. The number of halogens is 3. The van der Waals surface area contributed by atoms with Gasteiger partial charge in [-0.2, -0.15) is 13.2 Å². The first-order valence-corrected chi connectivity index (χ1v) is 6.11. The molecule has 0 bridgehead atoms. The minimum absolute atomic E-state index is 0.0629. The predicted molar refractivity (Wildman–Crippen MR) is 67.0 cm³/mol. The number of hydrogen-bond acceptors (Lipinski definition) is 6. The van der Waals surface area contributed by atoms with Gasteiger partial charge in [0.25, 0.3) is 0 Å². The summed E-state index contributed by atoms with van der Waals surface area (Å²) in [4.78, 5) is -0.406. The van der Waals surface area contributed by atoms with Gasteiger partial charge < -0.3 is 45.3 Å². The second-order valence-corrected chi connectivity index (χ2v) is 4.90. The summed E-state index contributed by atoms with van der Waals surface area (Å²) in [7, 11) is 0. The number of nitrogens with zero attached hydrogens (tertiary/aromatic N) is 1. The minimum Gasteiger partial charge on any atom is -0.411 e. The number of thiocarbonyl (C=S) groups is 1. The molecule has 0 aliphatic heterocycles. The van der Waals surface area contributed by atoms with Crippen LogP contribution < -0.4 is 0 Å². The van der Waals surface area contributed by atoms with Gasteiger partial charge >= 0.3 is 6.30 Å². The van der Waals surface area contributed by atoms with Gasteiger partial charge in [0.05, 0.1) is 12.6 Å². The Morgan fingerprint density at radius 2 is 1.58 bits per heavy atom. The van der Waals surface area contributed by atoms with Crippen LogP contribution in [0.5, 0.6) is 0 Å². The largest absolute Gasteiger partial charge is 0.483 e. The molecule has 0 amide bonds. The van der Waals surface area contributed by atoms with E-state index in [2.05, 4.69) is 24.8 Å². The summed E-state index contributed by atoms with van der Waals surface area (Å²) in [5.41, 5.74) is 0. The van der Waals surface area contributed by atoms with Crippen LogP contribution in [0.3, 0.4) is 0 Å². The van der Waals surface area contributed by atoms with E-state index < -0.39 is 46.5 Å². The van der Waals surface area contributed by atoms with E-state index in [1.807, 2.05) is 0 Å². The summed E-state index contributed by atoms with van der Waals surface area (Å²) >= 11 is 8.45. The summed E-state index contributed by atoms with van der Waals surface area (Å²) in [6, 6.07) is 0. The summed E-state index contributed by atoms with van der Waals surface area (Å²) in [6.07, 6.45) is -11.9. The van der Waals surface area contributed by atoms with Crippen molar-refractivity contribution in [2.24, 2.45) is 0 Å². The molecule has 0 fully saturated rings. The van der Waals surface area contributed by atoms with Gasteiger partial charge in [-0.1, -0.05) is 11.2 Å². The van der Waals surface area contributed by atoms with Gasteiger partial charge in [0.2, 0.25) is 0 Å². The molecule has 0 aliphatic carbocycles. The molecule has 0 aromatic carbocycles. The Balaban J connectivity index is 4.74. The van der Waals surface area contributed by atoms with E-state index in [4.69, 9.17) is 0 Å². The van der Waals surface area contributed by atoms with E-state index in [1.165, 1.54) is 6.92 Å². The maximum Gasteiger partial charge on any atom is 0.483 e. The molecule has 0 spiro atoms. The standard InChI is InChI=1S/C9H16F3NO4S2/c1-2-4(14)6(16)7(17)5(15)3-13(8(18)19)9(10,11)12/h4-7,14-17H,2-3H2,1H3,(H,18,19)/p-1. The van der Waals surface area contributed by atoms with Crippen LogP contribution in [0.15, 0.2) is 0 Å². The Morgan fingerprint density at radius 1 is 1.16 bits per heavy atom. The van der Waals surface area contributed by atoms with Gasteiger partial charge in [0.1, 0.15) is 18.3 Å². The van der Waals surface area contributed by atoms with Gasteiger partial charge in [-0.3, -0.25) is 4.90 Å². The summed E-state index contributed by atoms with van der Waals surface area (Å²) < 4.78 is 36.5. The van der Waals surface area contributed by atoms with Gasteiger partial charge in [-0.25, -0.2) is 0 Å². The van der Waals surface area contributed by atoms with Crippen molar-refractivity contribution >= 4 is 29.2 Å². The maximum atomic E-state index is 12.5. The van der Waals surface area contributed by atoms with E-state index in [-0.39, 0.29) is 6.42 Å². The third-order valence-electron chi connectivity index (χ3n) is 2.45. The van der Waals surface area contributed by atoms with Gasteiger partial charge in [-0.05, 0) is 6.42 Å². The molecule has 0 aliphatic rings. The Hall–Kier alpha value is -0.260. The molecule has 19 heavy (non-hydrogen) atoms. The SMILES string of the molecule is CCC(O)C(O)C(O)C(O)CN(C(=S)[S-])C(F)(F)F. The smallest absolute Gasteiger partial charge is 0.411 e. The maximum absolute atomic E-state index is 12.5. The molecule has 4 N–H and O–H groups in total. The fourth-order valence-corrected chi connectivity index (χ4v) is 1.63. The van der Waals surface area contributed by atoms with Crippen molar-refractivity contribution in [1.82, 2.24) is 4.90 Å². The molecular weight excluding hydrogens is 307 g/mol. The lowest BCUT2D eigenvalue weighted by Crippen LogP contribution is -2.52. The van der Waals surface area contributed by atoms with Crippen molar-refractivity contribution in [1.29, 1.82) is 0 Å². The lowest BCUT2D eigenvalue weighted by Gasteiger charge is -2.34. The minimum atomic E-state index is -4.89. The molecule has 0 radical (unpaired) electrons. The molecule has 5 nitrogen and oxygen atoms in total. The molecule has 0 heterocycles. The van der Waals surface area contributed by atoms with Crippen LogP contribution in [-0.4, -0.2) is 66.9 Å². The van der Waals surface area contributed by atoms with E-state index in [0.717, 1.165) is 0 Å². The van der Waals surface area contributed by atoms with Crippen LogP contribution >= 0.6 is 12.2 Å². The Kier molecular flexibility index (Phi) is 7.40. The van der Waals surface area contributed by atoms with Gasteiger partial charge in [0.15, 0.2) is 0 Å². The van der Waals surface area contributed by atoms with Crippen LogP contribution in [0.4, 0.5) is 13.2 Å². The number of aliphatic hydroxyl groups is 4. The van der Waals surface area contributed by atoms with E-state index in [9.17, 15) is 33.6 Å². The van der Waals surface area contributed by atoms with E-state index in [0.29, 0.717) is 0 Å². The topological polar surface area (TPSA) is 84.2 Å². The van der Waals surface area contributed by atoms with Crippen LogP contribution in [0, 0.1) is 0 Å². The summed E-state index contributed by atoms with van der Waals surface area (Å²) in [6.45, 7) is 0.369. The van der Waals surface area contributed by atoms with Gasteiger partial charge in [0, 0.05) is 0 Å². The zero-order chi connectivity index (χ0) is 15.4. The van der Waals surface area contributed by atoms with Crippen molar-refractivity contribution in [3.63, 3.8) is 0 Å². The fourth-order valence-electron chi connectivity index (χ4n) is 1.27. The molecule has 4 atom stereocenters. The van der Waals surface area contributed by atoms with Crippen molar-refractivity contribution in [2.45, 2.75) is 44.1 Å². The summed E-state index contributed by atoms with van der Waals surface area (Å²) in [5, 5.41) is 37.5. The number of alkyl halides is 3. The first-order chi connectivity index (χ1) is 8.52. The quantitative estimate of drug-likeness (QED) is 0.298. The third kappa shape index (κ3) is 5.71. The molecule has 0 rings (SSSR count). The second-order valence-electron chi connectivity index (χ2n) is 3.87. The van der Waals surface area contributed by atoms with Crippen LogP contribution in [-0.2, 0) is 12.6 Å². The van der Waals surface area contributed by atoms with Crippen molar-refractivity contribution in [3.8, 4) is 0 Å². The average molecular weight is 322 g/mol. The molecule has 10 heteroatoms. The zero-order valence-electron chi connectivity index (χ0n) is 9.91. The molecule has 4 unspecified atom stereocenters. The first-order valence-electron chi connectivity index (χ1n) is 5.30. The number of aliphatic hydroxyl groups excluding tert-OH is 4. The monoisotopic (exact) mass is 322 g/mol. The third-order valence-corrected chi connectivity index (χ3v) is 2.89. The van der Waals surface area contributed by atoms with Gasteiger partial charge in [-0.15, -0.1) is 0 Å². The van der Waals surface area contributed by atoms with E-state index in [1.54, 1.807) is 0 Å². The highest BCUT2D eigenvalue weighted by Crippen LogP contribution is 2.23. The normalized spacial score (nSPS) is 18.5. The highest BCUT2D eigenvalue weighted by molar-refractivity contribution is 8.00. The molecule has 0 aromatic heterocycles. The lowest BCUT2D eigenvalue weighted by molar-refractivity contribution is -0.226. The molecule has 0 saturated carbocycles. The zero-order valence-corrected chi connectivity index (χ0v) is 11.5. The first kappa shape index (κ1) is 18.7.